The molecule has 3 rings (SSSR count). The maximum absolute atomic E-state index is 12.6. The predicted octanol–water partition coefficient (Wildman–Crippen LogP) is 4.40. The van der Waals surface area contributed by atoms with Crippen molar-refractivity contribution in [3.05, 3.63) is 53.6 Å². The summed E-state index contributed by atoms with van der Waals surface area (Å²) in [4.78, 5) is 17.3. The van der Waals surface area contributed by atoms with Crippen molar-refractivity contribution in [3.63, 3.8) is 0 Å². The zero-order valence-electron chi connectivity index (χ0n) is 14.2. The third-order valence-corrected chi connectivity index (χ3v) is 4.80. The fourth-order valence-corrected chi connectivity index (χ4v) is 3.52. The molecule has 1 aromatic heterocycles. The lowest BCUT2D eigenvalue weighted by Crippen LogP contribution is -2.20. The molecule has 3 aromatic rings. The Hall–Kier alpha value is -2.27. The van der Waals surface area contributed by atoms with Crippen LogP contribution in [-0.2, 0) is 11.3 Å². The summed E-state index contributed by atoms with van der Waals surface area (Å²) in [5.74, 6) is 0.885. The third-order valence-electron chi connectivity index (χ3n) is 3.94. The van der Waals surface area contributed by atoms with Crippen LogP contribution in [0.25, 0.3) is 11.0 Å². The van der Waals surface area contributed by atoms with Gasteiger partial charge in [0.15, 0.2) is 5.16 Å². The monoisotopic (exact) mass is 339 g/mol. The van der Waals surface area contributed by atoms with Crippen LogP contribution in [-0.4, -0.2) is 21.2 Å². The van der Waals surface area contributed by atoms with Crippen LogP contribution in [0, 0.1) is 13.8 Å². The van der Waals surface area contributed by atoms with Crippen LogP contribution >= 0.6 is 11.8 Å². The molecule has 1 N–H and O–H groups in total. The van der Waals surface area contributed by atoms with Gasteiger partial charge in [0.1, 0.15) is 6.54 Å². The van der Waals surface area contributed by atoms with Gasteiger partial charge in [0.25, 0.3) is 0 Å². The Balaban J connectivity index is 1.89. The summed E-state index contributed by atoms with van der Waals surface area (Å²) in [6, 6.07) is 13.9. The molecule has 0 unspecified atom stereocenters. The zero-order chi connectivity index (χ0) is 17.1. The van der Waals surface area contributed by atoms with Gasteiger partial charge in [0.05, 0.1) is 11.0 Å². The molecule has 124 valence electrons. The van der Waals surface area contributed by atoms with E-state index in [0.29, 0.717) is 0 Å². The number of nitrogens with zero attached hydrogens (tertiary/aromatic N) is 2. The Kier molecular flexibility index (Phi) is 4.90. The molecule has 5 heteroatoms. The molecule has 0 atom stereocenters. The Morgan fingerprint density at radius 2 is 1.83 bits per heavy atom. The highest BCUT2D eigenvalue weighted by Crippen LogP contribution is 2.24. The van der Waals surface area contributed by atoms with E-state index in [1.165, 1.54) is 0 Å². The number of imidazole rings is 1. The van der Waals surface area contributed by atoms with Gasteiger partial charge in [0, 0.05) is 5.69 Å². The van der Waals surface area contributed by atoms with Crippen molar-refractivity contribution in [2.24, 2.45) is 0 Å². The number of amides is 1. The molecule has 1 amide bonds. The Morgan fingerprint density at radius 3 is 2.54 bits per heavy atom. The quantitative estimate of drug-likeness (QED) is 0.701. The number of aryl methyl sites for hydroxylation is 2. The average Bonchev–Trinajstić information content (AvgIpc) is 2.89. The van der Waals surface area contributed by atoms with Crippen molar-refractivity contribution in [1.29, 1.82) is 0 Å². The van der Waals surface area contributed by atoms with Gasteiger partial charge in [-0.25, -0.2) is 4.98 Å². The molecule has 0 aliphatic heterocycles. The van der Waals surface area contributed by atoms with E-state index in [9.17, 15) is 4.79 Å². The lowest BCUT2D eigenvalue weighted by atomic mass is 10.1. The van der Waals surface area contributed by atoms with Crippen LogP contribution in [0.2, 0.25) is 0 Å². The summed E-state index contributed by atoms with van der Waals surface area (Å²) >= 11 is 1.65. The highest BCUT2D eigenvalue weighted by atomic mass is 32.2. The van der Waals surface area contributed by atoms with Crippen LogP contribution in [0.4, 0.5) is 5.69 Å². The zero-order valence-corrected chi connectivity index (χ0v) is 15.0. The molecule has 1 heterocycles. The summed E-state index contributed by atoms with van der Waals surface area (Å²) in [5, 5.41) is 3.94. The van der Waals surface area contributed by atoms with Gasteiger partial charge in [-0.05, 0) is 42.9 Å². The first-order valence-electron chi connectivity index (χ1n) is 8.04. The van der Waals surface area contributed by atoms with Crippen LogP contribution in [0.1, 0.15) is 18.1 Å². The number of aromatic nitrogens is 2. The number of rotatable bonds is 5. The van der Waals surface area contributed by atoms with Crippen LogP contribution in [0.5, 0.6) is 0 Å². The number of fused-ring (bicyclic) bond motifs is 1. The fraction of sp³-hybridized carbons (Fsp3) is 0.263. The second kappa shape index (κ2) is 7.09. The van der Waals surface area contributed by atoms with Crippen LogP contribution in [0.3, 0.4) is 0 Å². The second-order valence-electron chi connectivity index (χ2n) is 5.72. The van der Waals surface area contributed by atoms with Crippen molar-refractivity contribution in [2.45, 2.75) is 32.5 Å². The summed E-state index contributed by atoms with van der Waals surface area (Å²) in [6.45, 7) is 6.36. The van der Waals surface area contributed by atoms with Crippen molar-refractivity contribution in [2.75, 3.05) is 11.1 Å². The standard InChI is InChI=1S/C19H21N3OS/c1-4-24-19-20-15-10-5-6-11-16(15)22(19)12-17(23)21-18-13(2)8-7-9-14(18)3/h5-11H,4,12H2,1-3H3,(H,21,23). The SMILES string of the molecule is CCSc1nc2ccccc2n1CC(=O)Nc1c(C)cccc1C. The first-order chi connectivity index (χ1) is 11.6. The molecule has 0 spiro atoms. The molecule has 0 saturated carbocycles. The molecular weight excluding hydrogens is 318 g/mol. The lowest BCUT2D eigenvalue weighted by molar-refractivity contribution is -0.116. The number of para-hydroxylation sites is 3. The van der Waals surface area contributed by atoms with Gasteiger partial charge in [-0.15, -0.1) is 0 Å². The predicted molar refractivity (Wildman–Crippen MR) is 101 cm³/mol. The highest BCUT2D eigenvalue weighted by molar-refractivity contribution is 7.99. The number of hydrogen-bond acceptors (Lipinski definition) is 3. The third kappa shape index (κ3) is 3.31. The molecule has 0 aliphatic carbocycles. The van der Waals surface area contributed by atoms with Crippen molar-refractivity contribution >= 4 is 34.4 Å². The minimum atomic E-state index is -0.0338. The first-order valence-corrected chi connectivity index (χ1v) is 9.03. The van der Waals surface area contributed by atoms with Gasteiger partial charge in [-0.2, -0.15) is 0 Å². The van der Waals surface area contributed by atoms with E-state index in [1.54, 1.807) is 11.8 Å². The molecule has 0 fully saturated rings. The number of carbonyl (C=O) groups is 1. The van der Waals surface area contributed by atoms with Gasteiger partial charge in [-0.3, -0.25) is 4.79 Å². The molecule has 2 aromatic carbocycles. The topological polar surface area (TPSA) is 46.9 Å². The van der Waals surface area contributed by atoms with Crippen molar-refractivity contribution in [3.8, 4) is 0 Å². The van der Waals surface area contributed by atoms with E-state index < -0.39 is 0 Å². The number of nitrogens with one attached hydrogen (secondary N) is 1. The van der Waals surface area contributed by atoms with E-state index in [0.717, 1.165) is 38.8 Å². The summed E-state index contributed by atoms with van der Waals surface area (Å²) in [6.07, 6.45) is 0. The van der Waals surface area contributed by atoms with E-state index >= 15 is 0 Å². The summed E-state index contributed by atoms with van der Waals surface area (Å²) in [7, 11) is 0. The number of hydrogen-bond donors (Lipinski definition) is 1. The van der Waals surface area contributed by atoms with Gasteiger partial charge in [0.2, 0.25) is 5.91 Å². The molecule has 4 nitrogen and oxygen atoms in total. The number of anilines is 1. The highest BCUT2D eigenvalue weighted by Gasteiger charge is 2.14. The van der Waals surface area contributed by atoms with Crippen LogP contribution in [0.15, 0.2) is 47.6 Å². The maximum Gasteiger partial charge on any atom is 0.244 e. The van der Waals surface area contributed by atoms with Gasteiger partial charge >= 0.3 is 0 Å². The molecule has 24 heavy (non-hydrogen) atoms. The van der Waals surface area contributed by atoms with E-state index in [1.807, 2.05) is 60.9 Å². The minimum absolute atomic E-state index is 0.0338. The van der Waals surface area contributed by atoms with Crippen LogP contribution < -0.4 is 5.32 Å². The van der Waals surface area contributed by atoms with Gasteiger partial charge in [-0.1, -0.05) is 49.0 Å². The number of carbonyl (C=O) groups excluding carboxylic acids is 1. The largest absolute Gasteiger partial charge is 0.324 e. The molecule has 0 saturated heterocycles. The number of benzene rings is 2. The van der Waals surface area contributed by atoms with E-state index in [4.69, 9.17) is 0 Å². The van der Waals surface area contributed by atoms with Crippen molar-refractivity contribution in [1.82, 2.24) is 9.55 Å². The molecular formula is C19H21N3OS. The smallest absolute Gasteiger partial charge is 0.244 e. The normalized spacial score (nSPS) is 11.0. The van der Waals surface area contributed by atoms with E-state index in [-0.39, 0.29) is 12.5 Å². The molecule has 0 radical (unpaired) electrons. The Bertz CT molecular complexity index is 865. The lowest BCUT2D eigenvalue weighted by Gasteiger charge is -2.13. The Morgan fingerprint density at radius 1 is 1.12 bits per heavy atom. The Labute approximate surface area is 146 Å². The number of thioether (sulfide) groups is 1. The molecule has 0 aliphatic rings. The summed E-state index contributed by atoms with van der Waals surface area (Å²) in [5.41, 5.74) is 4.96. The average molecular weight is 339 g/mol. The first kappa shape index (κ1) is 16.6. The summed E-state index contributed by atoms with van der Waals surface area (Å²) < 4.78 is 1.99. The minimum Gasteiger partial charge on any atom is -0.324 e. The second-order valence-corrected chi connectivity index (χ2v) is 6.95. The van der Waals surface area contributed by atoms with E-state index in [2.05, 4.69) is 17.2 Å². The fourth-order valence-electron chi connectivity index (χ4n) is 2.78. The maximum atomic E-state index is 12.6. The molecule has 0 bridgehead atoms. The van der Waals surface area contributed by atoms with Gasteiger partial charge < -0.3 is 9.88 Å². The van der Waals surface area contributed by atoms with Crippen molar-refractivity contribution < 1.29 is 4.79 Å².